The summed E-state index contributed by atoms with van der Waals surface area (Å²) in [6.45, 7) is 8.70. The van der Waals surface area contributed by atoms with Gasteiger partial charge in [0, 0.05) is 50.4 Å². The van der Waals surface area contributed by atoms with Gasteiger partial charge in [0.15, 0.2) is 0 Å². The van der Waals surface area contributed by atoms with Gasteiger partial charge < -0.3 is 9.47 Å². The van der Waals surface area contributed by atoms with Crippen LogP contribution in [0, 0.1) is 0 Å². The summed E-state index contributed by atoms with van der Waals surface area (Å²) >= 11 is 1.88. The molecule has 3 saturated heterocycles. The van der Waals surface area contributed by atoms with Crippen LogP contribution in [-0.2, 0) is 16.0 Å². The highest BCUT2D eigenvalue weighted by molar-refractivity contribution is 7.09. The smallest absolute Gasteiger partial charge is 0.0741 e. The quantitative estimate of drug-likeness (QED) is 0.837. The fourth-order valence-corrected chi connectivity index (χ4v) is 5.29. The molecule has 0 unspecified atom stereocenters. The van der Waals surface area contributed by atoms with Crippen molar-refractivity contribution in [2.24, 2.45) is 0 Å². The van der Waals surface area contributed by atoms with Crippen LogP contribution in [0.2, 0.25) is 0 Å². The van der Waals surface area contributed by atoms with Crippen LogP contribution in [0.5, 0.6) is 0 Å². The van der Waals surface area contributed by atoms with Gasteiger partial charge in [-0.2, -0.15) is 0 Å². The molecule has 3 fully saturated rings. The first-order chi connectivity index (χ1) is 11.8. The van der Waals surface area contributed by atoms with Gasteiger partial charge in [0.25, 0.3) is 0 Å². The molecule has 1 atom stereocenters. The van der Waals surface area contributed by atoms with Crippen molar-refractivity contribution in [2.45, 2.75) is 50.3 Å². The first kappa shape index (κ1) is 17.0. The Morgan fingerprint density at radius 1 is 1.12 bits per heavy atom. The van der Waals surface area contributed by atoms with Crippen molar-refractivity contribution >= 4 is 11.3 Å². The highest BCUT2D eigenvalue weighted by atomic mass is 32.1. The zero-order chi connectivity index (χ0) is 16.2. The van der Waals surface area contributed by atoms with E-state index >= 15 is 0 Å². The fraction of sp³-hybridized carbons (Fsp3) is 0.789. The van der Waals surface area contributed by atoms with E-state index in [1.807, 2.05) is 11.3 Å². The minimum Gasteiger partial charge on any atom is -0.381 e. The Bertz CT molecular complexity index is 496. The van der Waals surface area contributed by atoms with Crippen LogP contribution in [0.25, 0.3) is 0 Å². The predicted molar refractivity (Wildman–Crippen MR) is 97.5 cm³/mol. The summed E-state index contributed by atoms with van der Waals surface area (Å²) in [4.78, 5) is 6.89. The van der Waals surface area contributed by atoms with E-state index in [9.17, 15) is 0 Å². The van der Waals surface area contributed by atoms with Crippen LogP contribution in [0.3, 0.4) is 0 Å². The molecule has 0 aromatic carbocycles. The maximum absolute atomic E-state index is 6.23. The molecule has 134 valence electrons. The van der Waals surface area contributed by atoms with Gasteiger partial charge in [-0.3, -0.25) is 9.80 Å². The second kappa shape index (κ2) is 7.83. The highest BCUT2D eigenvalue weighted by Crippen LogP contribution is 2.36. The molecule has 24 heavy (non-hydrogen) atoms. The van der Waals surface area contributed by atoms with Crippen LogP contribution >= 0.6 is 11.3 Å². The zero-order valence-electron chi connectivity index (χ0n) is 14.6. The van der Waals surface area contributed by atoms with Gasteiger partial charge in [-0.05, 0) is 56.6 Å². The lowest BCUT2D eigenvalue weighted by atomic mass is 9.83. The van der Waals surface area contributed by atoms with E-state index in [0.717, 1.165) is 39.2 Å². The first-order valence-corrected chi connectivity index (χ1v) is 10.4. The third-order valence-electron chi connectivity index (χ3n) is 5.97. The Balaban J connectivity index is 1.33. The topological polar surface area (TPSA) is 24.9 Å². The summed E-state index contributed by atoms with van der Waals surface area (Å²) in [6.07, 6.45) is 5.87. The van der Waals surface area contributed by atoms with Gasteiger partial charge in [-0.1, -0.05) is 6.07 Å². The van der Waals surface area contributed by atoms with E-state index in [-0.39, 0.29) is 5.60 Å². The van der Waals surface area contributed by atoms with Crippen molar-refractivity contribution in [3.05, 3.63) is 22.4 Å². The number of rotatable bonds is 3. The van der Waals surface area contributed by atoms with E-state index in [1.165, 1.54) is 50.3 Å². The van der Waals surface area contributed by atoms with Crippen LogP contribution in [0.15, 0.2) is 17.5 Å². The van der Waals surface area contributed by atoms with Gasteiger partial charge in [0.2, 0.25) is 0 Å². The van der Waals surface area contributed by atoms with Gasteiger partial charge in [-0.15, -0.1) is 11.3 Å². The number of nitrogens with zero attached hydrogens (tertiary/aromatic N) is 2. The SMILES string of the molecule is c1csc(CN2CCCN([C@@H]3CCOC4(CCOCC4)C3)CC2)c1. The summed E-state index contributed by atoms with van der Waals surface area (Å²) in [6, 6.07) is 5.14. The molecule has 0 bridgehead atoms. The molecular formula is C19H30N2O2S. The fourth-order valence-electron chi connectivity index (χ4n) is 4.54. The average Bonchev–Trinajstić information content (AvgIpc) is 3.00. The standard InChI is InChI=1S/C19H30N2O2S/c1-3-18(24-14-1)16-20-7-2-8-21(10-9-20)17-4-11-23-19(15-17)5-12-22-13-6-19/h1,3,14,17H,2,4-13,15-16H2/t17-/m1/s1. The van der Waals surface area contributed by atoms with Crippen molar-refractivity contribution in [2.75, 3.05) is 46.0 Å². The Hall–Kier alpha value is -0.460. The van der Waals surface area contributed by atoms with Gasteiger partial charge >= 0.3 is 0 Å². The Kier molecular flexibility index (Phi) is 5.54. The minimum atomic E-state index is 0.115. The lowest BCUT2D eigenvalue weighted by Gasteiger charge is -2.46. The van der Waals surface area contributed by atoms with E-state index in [1.54, 1.807) is 0 Å². The Morgan fingerprint density at radius 2 is 2.04 bits per heavy atom. The van der Waals surface area contributed by atoms with Crippen LogP contribution in [-0.4, -0.2) is 67.4 Å². The molecule has 1 spiro atoms. The van der Waals surface area contributed by atoms with Gasteiger partial charge in [-0.25, -0.2) is 0 Å². The summed E-state index contributed by atoms with van der Waals surface area (Å²) < 4.78 is 11.8. The second-order valence-corrected chi connectivity index (χ2v) is 8.57. The van der Waals surface area contributed by atoms with Gasteiger partial charge in [0.05, 0.1) is 5.60 Å². The number of hydrogen-bond donors (Lipinski definition) is 0. The monoisotopic (exact) mass is 350 g/mol. The molecule has 0 radical (unpaired) electrons. The second-order valence-electron chi connectivity index (χ2n) is 7.54. The molecule has 0 N–H and O–H groups in total. The molecule has 4 nitrogen and oxygen atoms in total. The van der Waals surface area contributed by atoms with E-state index < -0.39 is 0 Å². The predicted octanol–water partition coefficient (Wildman–Crippen LogP) is 2.98. The molecule has 4 heterocycles. The molecule has 0 amide bonds. The maximum atomic E-state index is 6.23. The third-order valence-corrected chi connectivity index (χ3v) is 6.83. The Morgan fingerprint density at radius 3 is 2.88 bits per heavy atom. The number of ether oxygens (including phenoxy) is 2. The van der Waals surface area contributed by atoms with Crippen molar-refractivity contribution in [1.82, 2.24) is 9.80 Å². The van der Waals surface area contributed by atoms with Crippen LogP contribution in [0.1, 0.15) is 37.0 Å². The summed E-state index contributed by atoms with van der Waals surface area (Å²) in [5, 5.41) is 2.19. The summed E-state index contributed by atoms with van der Waals surface area (Å²) in [7, 11) is 0. The van der Waals surface area contributed by atoms with Crippen molar-refractivity contribution in [3.63, 3.8) is 0 Å². The molecule has 3 aliphatic rings. The molecule has 0 saturated carbocycles. The minimum absolute atomic E-state index is 0.115. The van der Waals surface area contributed by atoms with Crippen molar-refractivity contribution in [1.29, 1.82) is 0 Å². The van der Waals surface area contributed by atoms with Crippen LogP contribution in [0.4, 0.5) is 0 Å². The largest absolute Gasteiger partial charge is 0.381 e. The number of hydrogen-bond acceptors (Lipinski definition) is 5. The third kappa shape index (κ3) is 4.02. The van der Waals surface area contributed by atoms with Crippen molar-refractivity contribution < 1.29 is 9.47 Å². The molecule has 4 rings (SSSR count). The summed E-state index contributed by atoms with van der Waals surface area (Å²) in [5.74, 6) is 0. The molecule has 1 aromatic heterocycles. The molecule has 5 heteroatoms. The molecule has 0 aliphatic carbocycles. The van der Waals surface area contributed by atoms with E-state index in [4.69, 9.17) is 9.47 Å². The lowest BCUT2D eigenvalue weighted by Crippen LogP contribution is -2.51. The maximum Gasteiger partial charge on any atom is 0.0741 e. The Labute approximate surface area is 149 Å². The molecule has 1 aromatic rings. The normalized spacial score (nSPS) is 29.6. The number of thiophene rings is 1. The van der Waals surface area contributed by atoms with E-state index in [2.05, 4.69) is 27.3 Å². The molecular weight excluding hydrogens is 320 g/mol. The summed E-state index contributed by atoms with van der Waals surface area (Å²) in [5.41, 5.74) is 0.115. The van der Waals surface area contributed by atoms with Gasteiger partial charge in [0.1, 0.15) is 0 Å². The van der Waals surface area contributed by atoms with Crippen LogP contribution < -0.4 is 0 Å². The highest BCUT2D eigenvalue weighted by Gasteiger charge is 2.40. The first-order valence-electron chi connectivity index (χ1n) is 9.54. The molecule has 3 aliphatic heterocycles. The lowest BCUT2D eigenvalue weighted by molar-refractivity contribution is -0.151. The van der Waals surface area contributed by atoms with Crippen molar-refractivity contribution in [3.8, 4) is 0 Å². The average molecular weight is 351 g/mol. The van der Waals surface area contributed by atoms with E-state index in [0.29, 0.717) is 6.04 Å². The zero-order valence-corrected chi connectivity index (χ0v) is 15.4.